The normalized spacial score (nSPS) is 26.8. The quantitative estimate of drug-likeness (QED) is 0.897. The maximum Gasteiger partial charge on any atom is 0.251 e. The van der Waals surface area contributed by atoms with E-state index in [9.17, 15) is 13.2 Å². The fraction of sp³-hybridized carbons (Fsp3) is 0.632. The first kappa shape index (κ1) is 18.2. The standard InChI is InChI=1S/C19H28N2O3S/c1-13-6-4-8-17(14(13)2)20-19(22)16-9-10-18-15(12-16)7-5-11-21(18)25(3,23)24/h9-10,12-14,17H,4-8,11H2,1-3H3,(H,20,22)/t13-,14-,17-/m1/s1. The Labute approximate surface area is 150 Å². The Morgan fingerprint density at radius 3 is 2.68 bits per heavy atom. The third kappa shape index (κ3) is 3.84. The summed E-state index contributed by atoms with van der Waals surface area (Å²) in [5.74, 6) is 1.06. The second-order valence-corrected chi connectivity index (χ2v) is 9.54. The van der Waals surface area contributed by atoms with Crippen LogP contribution in [-0.4, -0.2) is 33.2 Å². The molecule has 3 atom stereocenters. The molecule has 138 valence electrons. The van der Waals surface area contributed by atoms with Gasteiger partial charge in [0.25, 0.3) is 5.91 Å². The molecule has 5 nitrogen and oxygen atoms in total. The van der Waals surface area contributed by atoms with E-state index in [0.29, 0.717) is 29.6 Å². The first-order chi connectivity index (χ1) is 11.8. The Bertz CT molecular complexity index is 760. The van der Waals surface area contributed by atoms with E-state index in [-0.39, 0.29) is 11.9 Å². The van der Waals surface area contributed by atoms with Crippen molar-refractivity contribution >= 4 is 21.6 Å². The van der Waals surface area contributed by atoms with E-state index in [4.69, 9.17) is 0 Å². The molecule has 0 saturated heterocycles. The molecular weight excluding hydrogens is 336 g/mol. The van der Waals surface area contributed by atoms with Crippen LogP contribution in [0.2, 0.25) is 0 Å². The van der Waals surface area contributed by atoms with Crippen molar-refractivity contribution in [2.45, 2.75) is 52.0 Å². The van der Waals surface area contributed by atoms with Gasteiger partial charge in [0.05, 0.1) is 11.9 Å². The Balaban J connectivity index is 1.79. The van der Waals surface area contributed by atoms with Crippen molar-refractivity contribution < 1.29 is 13.2 Å². The van der Waals surface area contributed by atoms with Gasteiger partial charge in [-0.1, -0.05) is 26.7 Å². The van der Waals surface area contributed by atoms with Crippen LogP contribution >= 0.6 is 0 Å². The van der Waals surface area contributed by atoms with Crippen LogP contribution in [-0.2, 0) is 16.4 Å². The first-order valence-electron chi connectivity index (χ1n) is 9.19. The number of amides is 1. The molecule has 1 aliphatic carbocycles. The third-order valence-electron chi connectivity index (χ3n) is 5.84. The molecule has 3 rings (SSSR count). The molecule has 0 bridgehead atoms. The molecule has 1 amide bonds. The SMILES string of the molecule is C[C@@H]1[C@H](C)CCC[C@H]1NC(=O)c1ccc2c(c1)CCCN2S(C)(=O)=O. The summed E-state index contributed by atoms with van der Waals surface area (Å²) < 4.78 is 25.3. The highest BCUT2D eigenvalue weighted by Crippen LogP contribution is 2.31. The van der Waals surface area contributed by atoms with Crippen LogP contribution in [0.5, 0.6) is 0 Å². The Morgan fingerprint density at radius 2 is 1.96 bits per heavy atom. The smallest absolute Gasteiger partial charge is 0.251 e. The van der Waals surface area contributed by atoms with Gasteiger partial charge in [0.15, 0.2) is 0 Å². The number of hydrogen-bond acceptors (Lipinski definition) is 3. The molecule has 25 heavy (non-hydrogen) atoms. The van der Waals surface area contributed by atoms with Gasteiger partial charge in [0, 0.05) is 18.2 Å². The van der Waals surface area contributed by atoms with Crippen molar-refractivity contribution in [3.05, 3.63) is 29.3 Å². The minimum Gasteiger partial charge on any atom is -0.349 e. The summed E-state index contributed by atoms with van der Waals surface area (Å²) in [6, 6.07) is 5.60. The third-order valence-corrected chi connectivity index (χ3v) is 7.02. The number of sulfonamides is 1. The Morgan fingerprint density at radius 1 is 1.20 bits per heavy atom. The number of rotatable bonds is 3. The van der Waals surface area contributed by atoms with Crippen LogP contribution in [0, 0.1) is 11.8 Å². The van der Waals surface area contributed by atoms with Crippen LogP contribution in [0.3, 0.4) is 0 Å². The van der Waals surface area contributed by atoms with E-state index in [1.807, 2.05) is 6.07 Å². The van der Waals surface area contributed by atoms with Crippen molar-refractivity contribution in [1.82, 2.24) is 5.32 Å². The predicted octanol–water partition coefficient (Wildman–Crippen LogP) is 2.95. The number of carbonyl (C=O) groups excluding carboxylic acids is 1. The topological polar surface area (TPSA) is 66.5 Å². The number of anilines is 1. The summed E-state index contributed by atoms with van der Waals surface area (Å²) in [5.41, 5.74) is 2.28. The minimum absolute atomic E-state index is 0.0507. The highest BCUT2D eigenvalue weighted by Gasteiger charge is 2.29. The first-order valence-corrected chi connectivity index (χ1v) is 11.0. The predicted molar refractivity (Wildman–Crippen MR) is 100 cm³/mol. The highest BCUT2D eigenvalue weighted by molar-refractivity contribution is 7.92. The number of benzene rings is 1. The Hall–Kier alpha value is -1.56. The molecule has 2 aliphatic rings. The molecule has 0 aromatic heterocycles. The number of carbonyl (C=O) groups is 1. The van der Waals surface area contributed by atoms with Crippen molar-refractivity contribution in [3.63, 3.8) is 0 Å². The number of nitrogens with one attached hydrogen (secondary N) is 1. The summed E-state index contributed by atoms with van der Waals surface area (Å²) in [4.78, 5) is 12.7. The van der Waals surface area contributed by atoms with Crippen LogP contribution in [0.25, 0.3) is 0 Å². The molecule has 1 saturated carbocycles. The molecule has 0 unspecified atom stereocenters. The lowest BCUT2D eigenvalue weighted by atomic mass is 9.78. The fourth-order valence-electron chi connectivity index (χ4n) is 4.09. The number of hydrogen-bond donors (Lipinski definition) is 1. The lowest BCUT2D eigenvalue weighted by molar-refractivity contribution is 0.0891. The largest absolute Gasteiger partial charge is 0.349 e. The molecule has 1 aromatic rings. The monoisotopic (exact) mass is 364 g/mol. The van der Waals surface area contributed by atoms with Crippen molar-refractivity contribution in [2.24, 2.45) is 11.8 Å². The molecule has 1 fully saturated rings. The van der Waals surface area contributed by atoms with Crippen LogP contribution in [0.4, 0.5) is 5.69 Å². The van der Waals surface area contributed by atoms with E-state index < -0.39 is 10.0 Å². The van der Waals surface area contributed by atoms with E-state index in [0.717, 1.165) is 31.2 Å². The van der Waals surface area contributed by atoms with Gasteiger partial charge in [-0.25, -0.2) is 8.42 Å². The summed E-state index contributed by atoms with van der Waals surface area (Å²) in [6.45, 7) is 4.97. The van der Waals surface area contributed by atoms with E-state index in [2.05, 4.69) is 19.2 Å². The number of fused-ring (bicyclic) bond motifs is 1. The lowest BCUT2D eigenvalue weighted by Gasteiger charge is -2.34. The number of aryl methyl sites for hydroxylation is 1. The number of nitrogens with zero attached hydrogens (tertiary/aromatic N) is 1. The second kappa shape index (κ2) is 6.98. The molecule has 1 heterocycles. The molecule has 6 heteroatoms. The molecule has 0 spiro atoms. The molecular formula is C19H28N2O3S. The van der Waals surface area contributed by atoms with E-state index in [1.165, 1.54) is 17.0 Å². The summed E-state index contributed by atoms with van der Waals surface area (Å²) in [5, 5.41) is 3.19. The van der Waals surface area contributed by atoms with Gasteiger partial charge in [-0.2, -0.15) is 0 Å². The minimum atomic E-state index is -3.28. The average Bonchev–Trinajstić information content (AvgIpc) is 2.57. The highest BCUT2D eigenvalue weighted by atomic mass is 32.2. The van der Waals surface area contributed by atoms with Gasteiger partial charge in [-0.15, -0.1) is 0 Å². The summed E-state index contributed by atoms with van der Waals surface area (Å²) in [6.07, 6.45) is 6.23. The van der Waals surface area contributed by atoms with Gasteiger partial charge in [0.2, 0.25) is 10.0 Å². The summed E-state index contributed by atoms with van der Waals surface area (Å²) in [7, 11) is -3.28. The molecule has 1 N–H and O–H groups in total. The van der Waals surface area contributed by atoms with Crippen LogP contribution in [0.15, 0.2) is 18.2 Å². The zero-order valence-electron chi connectivity index (χ0n) is 15.3. The fourth-order valence-corrected chi connectivity index (χ4v) is 5.08. The van der Waals surface area contributed by atoms with Crippen LogP contribution < -0.4 is 9.62 Å². The Kier molecular flexibility index (Phi) is 5.09. The second-order valence-electron chi connectivity index (χ2n) is 7.63. The van der Waals surface area contributed by atoms with Gasteiger partial charge < -0.3 is 5.32 Å². The van der Waals surface area contributed by atoms with Gasteiger partial charge in [-0.05, 0) is 54.9 Å². The molecule has 1 aromatic carbocycles. The average molecular weight is 365 g/mol. The molecule has 0 radical (unpaired) electrons. The van der Waals surface area contributed by atoms with E-state index in [1.54, 1.807) is 12.1 Å². The van der Waals surface area contributed by atoms with Gasteiger partial charge in [0.1, 0.15) is 0 Å². The van der Waals surface area contributed by atoms with Gasteiger partial charge >= 0.3 is 0 Å². The van der Waals surface area contributed by atoms with E-state index >= 15 is 0 Å². The zero-order valence-corrected chi connectivity index (χ0v) is 16.1. The van der Waals surface area contributed by atoms with Crippen LogP contribution in [0.1, 0.15) is 55.5 Å². The summed E-state index contributed by atoms with van der Waals surface area (Å²) >= 11 is 0. The zero-order chi connectivity index (χ0) is 18.2. The van der Waals surface area contributed by atoms with Crippen molar-refractivity contribution in [2.75, 3.05) is 17.1 Å². The maximum absolute atomic E-state index is 12.7. The van der Waals surface area contributed by atoms with Gasteiger partial charge in [-0.3, -0.25) is 9.10 Å². The van der Waals surface area contributed by atoms with Crippen molar-refractivity contribution in [3.8, 4) is 0 Å². The molecule has 1 aliphatic heterocycles. The lowest BCUT2D eigenvalue weighted by Crippen LogP contribution is -2.43. The van der Waals surface area contributed by atoms with Crippen molar-refractivity contribution in [1.29, 1.82) is 0 Å². The maximum atomic E-state index is 12.7.